The Bertz CT molecular complexity index is 335. The van der Waals surface area contributed by atoms with Gasteiger partial charge in [0.05, 0.1) is 0 Å². The topological polar surface area (TPSA) is 66.6 Å². The van der Waals surface area contributed by atoms with Crippen LogP contribution in [-0.4, -0.2) is 56.0 Å². The summed E-state index contributed by atoms with van der Waals surface area (Å²) in [5.41, 5.74) is 0. The highest BCUT2D eigenvalue weighted by Crippen LogP contribution is 2.25. The van der Waals surface area contributed by atoms with Crippen LogP contribution in [0.15, 0.2) is 0 Å². The first-order valence-electron chi connectivity index (χ1n) is 4.71. The van der Waals surface area contributed by atoms with Crippen LogP contribution in [0.1, 0.15) is 6.92 Å². The van der Waals surface area contributed by atoms with Gasteiger partial charge in [-0.3, -0.25) is 4.90 Å². The second-order valence-corrected chi connectivity index (χ2v) is 5.24. The molecule has 16 heavy (non-hydrogen) atoms. The first-order chi connectivity index (χ1) is 7.12. The molecule has 0 radical (unpaired) electrons. The van der Waals surface area contributed by atoms with E-state index in [4.69, 9.17) is 5.14 Å². The zero-order valence-corrected chi connectivity index (χ0v) is 9.55. The number of nitrogens with two attached hydrogens (primary N) is 1. The SMILES string of the molecule is CC(N1CCN(S(N)(=O)=O)CC1)C(F)(F)F. The van der Waals surface area contributed by atoms with Gasteiger partial charge in [0.25, 0.3) is 10.2 Å². The van der Waals surface area contributed by atoms with E-state index in [1.807, 2.05) is 0 Å². The molecule has 0 bridgehead atoms. The van der Waals surface area contributed by atoms with Crippen molar-refractivity contribution >= 4 is 10.2 Å². The molecule has 0 spiro atoms. The van der Waals surface area contributed by atoms with Crippen molar-refractivity contribution in [2.45, 2.75) is 19.1 Å². The fourth-order valence-electron chi connectivity index (χ4n) is 1.55. The third kappa shape index (κ3) is 3.30. The zero-order valence-electron chi connectivity index (χ0n) is 8.74. The van der Waals surface area contributed by atoms with Crippen molar-refractivity contribution in [2.24, 2.45) is 5.14 Å². The monoisotopic (exact) mass is 261 g/mol. The van der Waals surface area contributed by atoms with Crippen LogP contribution in [0, 0.1) is 0 Å². The van der Waals surface area contributed by atoms with Gasteiger partial charge in [-0.05, 0) is 6.92 Å². The van der Waals surface area contributed by atoms with E-state index < -0.39 is 22.4 Å². The van der Waals surface area contributed by atoms with Crippen LogP contribution in [0.25, 0.3) is 0 Å². The van der Waals surface area contributed by atoms with Crippen LogP contribution < -0.4 is 5.14 Å². The van der Waals surface area contributed by atoms with E-state index in [-0.39, 0.29) is 26.2 Å². The summed E-state index contributed by atoms with van der Waals surface area (Å²) >= 11 is 0. The Kier molecular flexibility index (Phi) is 3.83. The molecule has 1 aliphatic heterocycles. The first-order valence-corrected chi connectivity index (χ1v) is 6.21. The molecule has 2 N–H and O–H groups in total. The lowest BCUT2D eigenvalue weighted by atomic mass is 10.2. The van der Waals surface area contributed by atoms with E-state index in [0.29, 0.717) is 0 Å². The van der Waals surface area contributed by atoms with E-state index in [9.17, 15) is 21.6 Å². The van der Waals surface area contributed by atoms with Gasteiger partial charge in [0.2, 0.25) is 0 Å². The van der Waals surface area contributed by atoms with E-state index in [2.05, 4.69) is 0 Å². The largest absolute Gasteiger partial charge is 0.403 e. The standard InChI is InChI=1S/C7H14F3N3O2S/c1-6(7(8,9)10)12-2-4-13(5-3-12)16(11,14)15/h6H,2-5H2,1H3,(H2,11,14,15). The predicted octanol–water partition coefficient (Wildman–Crippen LogP) is -0.242. The molecule has 5 nitrogen and oxygen atoms in total. The highest BCUT2D eigenvalue weighted by atomic mass is 32.2. The summed E-state index contributed by atoms with van der Waals surface area (Å²) < 4.78 is 59.9. The highest BCUT2D eigenvalue weighted by Gasteiger charge is 2.41. The Morgan fingerprint density at radius 2 is 1.62 bits per heavy atom. The summed E-state index contributed by atoms with van der Waals surface area (Å²) in [4.78, 5) is 1.20. The summed E-state index contributed by atoms with van der Waals surface area (Å²) in [7, 11) is -3.79. The van der Waals surface area contributed by atoms with Crippen molar-refractivity contribution in [3.8, 4) is 0 Å². The van der Waals surface area contributed by atoms with Gasteiger partial charge >= 0.3 is 6.18 Å². The minimum Gasteiger partial charge on any atom is -0.290 e. The van der Waals surface area contributed by atoms with Crippen LogP contribution in [0.5, 0.6) is 0 Å². The predicted molar refractivity (Wildman–Crippen MR) is 51.8 cm³/mol. The zero-order chi connectivity index (χ0) is 12.6. The molecule has 0 saturated carbocycles. The number of hydrogen-bond donors (Lipinski definition) is 1. The van der Waals surface area contributed by atoms with Gasteiger partial charge in [-0.2, -0.15) is 25.9 Å². The molecule has 1 fully saturated rings. The minimum absolute atomic E-state index is 0.000741. The Labute approximate surface area is 92.2 Å². The van der Waals surface area contributed by atoms with Gasteiger partial charge < -0.3 is 0 Å². The number of piperazine rings is 1. The number of nitrogens with zero attached hydrogens (tertiary/aromatic N) is 2. The van der Waals surface area contributed by atoms with Gasteiger partial charge in [-0.1, -0.05) is 0 Å². The Morgan fingerprint density at radius 3 is 1.94 bits per heavy atom. The van der Waals surface area contributed by atoms with Crippen LogP contribution in [0.4, 0.5) is 13.2 Å². The molecule has 0 aliphatic carbocycles. The van der Waals surface area contributed by atoms with Crippen molar-refractivity contribution in [3.63, 3.8) is 0 Å². The summed E-state index contributed by atoms with van der Waals surface area (Å²) in [6.45, 7) is 1.14. The lowest BCUT2D eigenvalue weighted by Crippen LogP contribution is -2.55. The average Bonchev–Trinajstić information content (AvgIpc) is 2.14. The maximum atomic E-state index is 12.4. The number of hydrogen-bond acceptors (Lipinski definition) is 3. The van der Waals surface area contributed by atoms with Crippen molar-refractivity contribution in [1.82, 2.24) is 9.21 Å². The molecule has 1 unspecified atom stereocenters. The van der Waals surface area contributed by atoms with Gasteiger partial charge in [0.1, 0.15) is 6.04 Å². The van der Waals surface area contributed by atoms with Crippen LogP contribution in [-0.2, 0) is 10.2 Å². The van der Waals surface area contributed by atoms with Crippen molar-refractivity contribution in [1.29, 1.82) is 0 Å². The molecule has 1 aliphatic rings. The lowest BCUT2D eigenvalue weighted by Gasteiger charge is -2.37. The molecular weight excluding hydrogens is 247 g/mol. The summed E-state index contributed by atoms with van der Waals surface area (Å²) in [6.07, 6.45) is -4.29. The van der Waals surface area contributed by atoms with E-state index >= 15 is 0 Å². The third-order valence-electron chi connectivity index (χ3n) is 2.65. The van der Waals surface area contributed by atoms with E-state index in [0.717, 1.165) is 11.2 Å². The van der Waals surface area contributed by atoms with Crippen molar-refractivity contribution in [3.05, 3.63) is 0 Å². The number of halogens is 3. The summed E-state index contributed by atoms with van der Waals surface area (Å²) in [6, 6.07) is -1.56. The minimum atomic E-state index is -4.29. The van der Waals surface area contributed by atoms with Gasteiger partial charge in [0.15, 0.2) is 0 Å². The fourth-order valence-corrected chi connectivity index (χ4v) is 2.22. The second kappa shape index (κ2) is 4.47. The Morgan fingerprint density at radius 1 is 1.19 bits per heavy atom. The van der Waals surface area contributed by atoms with Crippen molar-refractivity contribution in [2.75, 3.05) is 26.2 Å². The van der Waals surface area contributed by atoms with Crippen LogP contribution >= 0.6 is 0 Å². The highest BCUT2D eigenvalue weighted by molar-refractivity contribution is 7.86. The molecule has 96 valence electrons. The van der Waals surface area contributed by atoms with Gasteiger partial charge in [-0.25, -0.2) is 5.14 Å². The van der Waals surface area contributed by atoms with Gasteiger partial charge in [0, 0.05) is 26.2 Å². The molecule has 0 aromatic heterocycles. The molecule has 1 heterocycles. The molecular formula is C7H14F3N3O2S. The van der Waals surface area contributed by atoms with Gasteiger partial charge in [-0.15, -0.1) is 0 Å². The maximum Gasteiger partial charge on any atom is 0.403 e. The lowest BCUT2D eigenvalue weighted by molar-refractivity contribution is -0.181. The Hall–Kier alpha value is -0.380. The summed E-state index contributed by atoms with van der Waals surface area (Å²) in [5, 5.41) is 4.87. The maximum absolute atomic E-state index is 12.4. The molecule has 0 aromatic rings. The quantitative estimate of drug-likeness (QED) is 0.746. The molecule has 1 atom stereocenters. The molecule has 9 heteroatoms. The second-order valence-electron chi connectivity index (χ2n) is 3.70. The smallest absolute Gasteiger partial charge is 0.290 e. The third-order valence-corrected chi connectivity index (χ3v) is 3.74. The molecule has 0 amide bonds. The molecule has 1 rings (SSSR count). The van der Waals surface area contributed by atoms with E-state index in [1.165, 1.54) is 4.90 Å². The number of alkyl halides is 3. The van der Waals surface area contributed by atoms with Crippen LogP contribution in [0.2, 0.25) is 0 Å². The average molecular weight is 261 g/mol. The van der Waals surface area contributed by atoms with E-state index in [1.54, 1.807) is 0 Å². The normalized spacial score (nSPS) is 23.3. The molecule has 1 saturated heterocycles. The fraction of sp³-hybridized carbons (Fsp3) is 1.00. The van der Waals surface area contributed by atoms with Crippen molar-refractivity contribution < 1.29 is 21.6 Å². The summed E-state index contributed by atoms with van der Waals surface area (Å²) in [5.74, 6) is 0. The first kappa shape index (κ1) is 13.7. The Balaban J connectivity index is 2.56. The molecule has 0 aromatic carbocycles. The van der Waals surface area contributed by atoms with Crippen LogP contribution in [0.3, 0.4) is 0 Å². The number of rotatable bonds is 2.